The quantitative estimate of drug-likeness (QED) is 0.396. The van der Waals surface area contributed by atoms with Crippen LogP contribution >= 0.6 is 22.9 Å². The van der Waals surface area contributed by atoms with E-state index in [1.807, 2.05) is 0 Å². The summed E-state index contributed by atoms with van der Waals surface area (Å²) in [7, 11) is 1.65. The molecule has 0 radical (unpaired) electrons. The van der Waals surface area contributed by atoms with Crippen LogP contribution in [0.3, 0.4) is 0 Å². The molecule has 0 fully saturated rings. The van der Waals surface area contributed by atoms with Gasteiger partial charge in [0.05, 0.1) is 9.21 Å². The molecule has 1 heterocycles. The predicted octanol–water partition coefficient (Wildman–Crippen LogP) is 2.77. The number of carbonyl (C=O) groups is 1. The summed E-state index contributed by atoms with van der Waals surface area (Å²) in [5.74, 6) is -0.176. The van der Waals surface area contributed by atoms with Crippen molar-refractivity contribution in [3.63, 3.8) is 0 Å². The average Bonchev–Trinajstić information content (AvgIpc) is 2.91. The second-order valence-corrected chi connectivity index (χ2v) is 5.72. The van der Waals surface area contributed by atoms with Crippen molar-refractivity contribution in [3.05, 3.63) is 51.2 Å². The molecule has 0 atom stereocenters. The molecule has 3 N–H and O–H groups in total. The third kappa shape index (κ3) is 2.92. The number of anilines is 1. The Bertz CT molecular complexity index is 669. The van der Waals surface area contributed by atoms with Crippen molar-refractivity contribution in [1.82, 2.24) is 0 Å². The van der Waals surface area contributed by atoms with Crippen LogP contribution in [0.4, 0.5) is 5.69 Å². The van der Waals surface area contributed by atoms with E-state index in [0.717, 1.165) is 0 Å². The van der Waals surface area contributed by atoms with Crippen LogP contribution < -0.4 is 10.6 Å². The molecule has 0 aliphatic heterocycles. The number of hydrogen-bond donors (Lipinski definition) is 2. The van der Waals surface area contributed by atoms with Gasteiger partial charge in [-0.15, -0.1) is 11.3 Å². The van der Waals surface area contributed by atoms with Gasteiger partial charge in [-0.1, -0.05) is 28.9 Å². The fourth-order valence-electron chi connectivity index (χ4n) is 1.64. The second kappa shape index (κ2) is 5.94. The standard InChI is InChI=1S/C13H12ClN3O2S/c1-17(13(18)10-5-6-11(14)20-10)9-4-2-3-8(7-9)12(15)16-19/h2-7,19H,1H3,(H2,15,16). The Morgan fingerprint density at radius 2 is 2.15 bits per heavy atom. The molecule has 0 saturated heterocycles. The number of hydrogen-bond acceptors (Lipinski definition) is 4. The minimum absolute atomic E-state index is 0.00753. The minimum atomic E-state index is -0.168. The van der Waals surface area contributed by atoms with Crippen LogP contribution in [0.5, 0.6) is 0 Å². The van der Waals surface area contributed by atoms with Crippen LogP contribution in [-0.4, -0.2) is 24.0 Å². The normalized spacial score (nSPS) is 11.4. The first kappa shape index (κ1) is 14.4. The van der Waals surface area contributed by atoms with Gasteiger partial charge in [-0.05, 0) is 24.3 Å². The summed E-state index contributed by atoms with van der Waals surface area (Å²) in [6, 6.07) is 10.2. The van der Waals surface area contributed by atoms with Crippen molar-refractivity contribution in [2.24, 2.45) is 10.9 Å². The SMILES string of the molecule is CN(C(=O)c1ccc(Cl)s1)c1cccc(C(N)=NO)c1. The van der Waals surface area contributed by atoms with E-state index in [9.17, 15) is 4.79 Å². The molecule has 0 bridgehead atoms. The smallest absolute Gasteiger partial charge is 0.268 e. The number of rotatable bonds is 3. The summed E-state index contributed by atoms with van der Waals surface area (Å²) < 4.78 is 0.562. The van der Waals surface area contributed by atoms with Gasteiger partial charge in [0.25, 0.3) is 5.91 Å². The summed E-state index contributed by atoms with van der Waals surface area (Å²) in [6.07, 6.45) is 0. The van der Waals surface area contributed by atoms with Gasteiger partial charge < -0.3 is 15.8 Å². The zero-order valence-corrected chi connectivity index (χ0v) is 12.1. The lowest BCUT2D eigenvalue weighted by molar-refractivity contribution is 0.0997. The van der Waals surface area contributed by atoms with Crippen LogP contribution in [0.25, 0.3) is 0 Å². The van der Waals surface area contributed by atoms with Gasteiger partial charge in [-0.2, -0.15) is 0 Å². The molecule has 0 saturated carbocycles. The first-order valence-electron chi connectivity index (χ1n) is 5.64. The monoisotopic (exact) mass is 309 g/mol. The van der Waals surface area contributed by atoms with E-state index in [2.05, 4.69) is 5.16 Å². The predicted molar refractivity (Wildman–Crippen MR) is 81.0 cm³/mol. The molecule has 2 rings (SSSR count). The average molecular weight is 310 g/mol. The minimum Gasteiger partial charge on any atom is -0.409 e. The highest BCUT2D eigenvalue weighted by molar-refractivity contribution is 7.18. The number of thiophene rings is 1. The highest BCUT2D eigenvalue weighted by atomic mass is 35.5. The Labute approximate surface area is 124 Å². The molecule has 20 heavy (non-hydrogen) atoms. The van der Waals surface area contributed by atoms with Crippen molar-refractivity contribution in [1.29, 1.82) is 0 Å². The van der Waals surface area contributed by atoms with Crippen molar-refractivity contribution < 1.29 is 10.0 Å². The lowest BCUT2D eigenvalue weighted by atomic mass is 10.1. The van der Waals surface area contributed by atoms with E-state index in [0.29, 0.717) is 20.5 Å². The van der Waals surface area contributed by atoms with Gasteiger partial charge in [0.2, 0.25) is 0 Å². The number of oxime groups is 1. The van der Waals surface area contributed by atoms with Crippen LogP contribution in [0, 0.1) is 0 Å². The summed E-state index contributed by atoms with van der Waals surface area (Å²) in [5.41, 5.74) is 6.71. The summed E-state index contributed by atoms with van der Waals surface area (Å²) in [5, 5.41) is 11.6. The number of amidine groups is 1. The number of halogens is 1. The van der Waals surface area contributed by atoms with Crippen LogP contribution in [0.2, 0.25) is 4.34 Å². The molecule has 104 valence electrons. The van der Waals surface area contributed by atoms with Crippen LogP contribution in [0.15, 0.2) is 41.6 Å². The largest absolute Gasteiger partial charge is 0.409 e. The van der Waals surface area contributed by atoms with E-state index in [-0.39, 0.29) is 11.7 Å². The third-order valence-electron chi connectivity index (χ3n) is 2.73. The third-order valence-corrected chi connectivity index (χ3v) is 3.94. The Morgan fingerprint density at radius 1 is 1.40 bits per heavy atom. The zero-order valence-electron chi connectivity index (χ0n) is 10.6. The molecule has 0 spiro atoms. The van der Waals surface area contributed by atoms with Crippen LogP contribution in [0.1, 0.15) is 15.2 Å². The summed E-state index contributed by atoms with van der Waals surface area (Å²) >= 11 is 7.05. The van der Waals surface area contributed by atoms with Gasteiger partial charge in [0.1, 0.15) is 0 Å². The van der Waals surface area contributed by atoms with Gasteiger partial charge in [-0.3, -0.25) is 4.79 Å². The number of benzene rings is 1. The lowest BCUT2D eigenvalue weighted by Gasteiger charge is -2.17. The van der Waals surface area contributed by atoms with Gasteiger partial charge in [0, 0.05) is 18.3 Å². The van der Waals surface area contributed by atoms with E-state index >= 15 is 0 Å². The maximum Gasteiger partial charge on any atom is 0.268 e. The zero-order chi connectivity index (χ0) is 14.7. The number of nitrogens with zero attached hydrogens (tertiary/aromatic N) is 2. The highest BCUT2D eigenvalue weighted by Gasteiger charge is 2.16. The van der Waals surface area contributed by atoms with E-state index in [4.69, 9.17) is 22.5 Å². The Balaban J connectivity index is 2.29. The molecule has 5 nitrogen and oxygen atoms in total. The maximum atomic E-state index is 12.3. The number of nitrogens with two attached hydrogens (primary N) is 1. The lowest BCUT2D eigenvalue weighted by Crippen LogP contribution is -2.25. The van der Waals surface area contributed by atoms with Gasteiger partial charge >= 0.3 is 0 Å². The molecule has 1 amide bonds. The first-order valence-corrected chi connectivity index (χ1v) is 6.83. The molecule has 0 aliphatic rings. The van der Waals surface area contributed by atoms with Crippen molar-refractivity contribution >= 4 is 40.4 Å². The molecular weight excluding hydrogens is 298 g/mol. The molecule has 7 heteroatoms. The topological polar surface area (TPSA) is 78.9 Å². The Kier molecular flexibility index (Phi) is 4.26. The van der Waals surface area contributed by atoms with Gasteiger partial charge in [-0.25, -0.2) is 0 Å². The number of amides is 1. The Morgan fingerprint density at radius 3 is 2.75 bits per heavy atom. The first-order chi connectivity index (χ1) is 9.52. The van der Waals surface area contributed by atoms with E-state index < -0.39 is 0 Å². The van der Waals surface area contributed by atoms with Crippen molar-refractivity contribution in [2.45, 2.75) is 0 Å². The summed E-state index contributed by atoms with van der Waals surface area (Å²) in [6.45, 7) is 0. The van der Waals surface area contributed by atoms with Crippen molar-refractivity contribution in [3.8, 4) is 0 Å². The van der Waals surface area contributed by atoms with Gasteiger partial charge in [0.15, 0.2) is 5.84 Å². The molecule has 1 aromatic heterocycles. The molecule has 0 unspecified atom stereocenters. The molecule has 1 aromatic carbocycles. The molecule has 0 aliphatic carbocycles. The summed E-state index contributed by atoms with van der Waals surface area (Å²) in [4.78, 5) is 14.3. The highest BCUT2D eigenvalue weighted by Crippen LogP contribution is 2.24. The Hall–Kier alpha value is -2.05. The van der Waals surface area contributed by atoms with Crippen molar-refractivity contribution in [2.75, 3.05) is 11.9 Å². The second-order valence-electron chi connectivity index (χ2n) is 4.00. The van der Waals surface area contributed by atoms with Crippen LogP contribution in [-0.2, 0) is 0 Å². The van der Waals surface area contributed by atoms with E-state index in [1.54, 1.807) is 43.4 Å². The molecular formula is C13H12ClN3O2S. The van der Waals surface area contributed by atoms with E-state index in [1.165, 1.54) is 16.2 Å². The number of carbonyl (C=O) groups excluding carboxylic acids is 1. The molecule has 2 aromatic rings. The maximum absolute atomic E-state index is 12.3. The fourth-order valence-corrected chi connectivity index (χ4v) is 2.66. The fraction of sp³-hybridized carbons (Fsp3) is 0.0769.